The van der Waals surface area contributed by atoms with E-state index in [0.29, 0.717) is 18.0 Å². The van der Waals surface area contributed by atoms with Gasteiger partial charge in [-0.1, -0.05) is 12.1 Å². The second-order valence-corrected chi connectivity index (χ2v) is 5.38. The molecule has 0 atom stereocenters. The second kappa shape index (κ2) is 7.29. The Morgan fingerprint density at radius 1 is 1.20 bits per heavy atom. The first-order chi connectivity index (χ1) is 12.1. The van der Waals surface area contributed by atoms with Gasteiger partial charge in [0.15, 0.2) is 0 Å². The molecule has 0 aliphatic rings. The Morgan fingerprint density at radius 3 is 2.72 bits per heavy atom. The molecule has 0 saturated heterocycles. The smallest absolute Gasteiger partial charge is 0.387 e. The van der Waals surface area contributed by atoms with Crippen LogP contribution in [0.15, 0.2) is 42.6 Å². The number of para-hydroxylation sites is 1. The molecule has 5 nitrogen and oxygen atoms in total. The highest BCUT2D eigenvalue weighted by atomic mass is 19.3. The maximum absolute atomic E-state index is 12.2. The van der Waals surface area contributed by atoms with Crippen molar-refractivity contribution in [2.24, 2.45) is 0 Å². The number of benzene rings is 1. The minimum absolute atomic E-state index is 0.0358. The van der Waals surface area contributed by atoms with Gasteiger partial charge in [-0.3, -0.25) is 4.98 Å². The van der Waals surface area contributed by atoms with Gasteiger partial charge in [0.2, 0.25) is 0 Å². The monoisotopic (exact) mass is 345 g/mol. The van der Waals surface area contributed by atoms with Crippen LogP contribution in [-0.4, -0.2) is 23.7 Å². The van der Waals surface area contributed by atoms with Gasteiger partial charge in [0.1, 0.15) is 17.0 Å². The Labute approximate surface area is 143 Å². The van der Waals surface area contributed by atoms with Crippen molar-refractivity contribution in [3.63, 3.8) is 0 Å². The lowest BCUT2D eigenvalue weighted by Gasteiger charge is -2.12. The van der Waals surface area contributed by atoms with Gasteiger partial charge in [0.05, 0.1) is 25.5 Å². The number of hydrogen-bond donors (Lipinski definition) is 1. The van der Waals surface area contributed by atoms with Gasteiger partial charge in [0, 0.05) is 16.8 Å². The van der Waals surface area contributed by atoms with Gasteiger partial charge in [-0.15, -0.1) is 0 Å². The molecule has 0 spiro atoms. The van der Waals surface area contributed by atoms with Gasteiger partial charge in [0.25, 0.3) is 0 Å². The molecule has 130 valence electrons. The molecule has 0 unspecified atom stereocenters. The fourth-order valence-electron chi connectivity index (χ4n) is 2.54. The molecule has 0 bridgehead atoms. The lowest BCUT2D eigenvalue weighted by molar-refractivity contribution is -0.0500. The maximum atomic E-state index is 12.2. The summed E-state index contributed by atoms with van der Waals surface area (Å²) in [6, 6.07) is 10.8. The van der Waals surface area contributed by atoms with Crippen LogP contribution in [0.4, 0.5) is 14.5 Å². The molecule has 0 aliphatic heterocycles. The first-order valence-electron chi connectivity index (χ1n) is 7.65. The van der Waals surface area contributed by atoms with Crippen LogP contribution in [-0.2, 0) is 6.54 Å². The van der Waals surface area contributed by atoms with Gasteiger partial charge < -0.3 is 14.8 Å². The zero-order valence-corrected chi connectivity index (χ0v) is 13.8. The van der Waals surface area contributed by atoms with E-state index in [1.54, 1.807) is 13.2 Å². The molecule has 3 rings (SSSR count). The zero-order chi connectivity index (χ0) is 17.8. The summed E-state index contributed by atoms with van der Waals surface area (Å²) in [5.74, 6) is 0.740. The molecule has 1 aromatic carbocycles. The Kier molecular flexibility index (Phi) is 4.92. The number of aryl methyl sites for hydroxylation is 1. The van der Waals surface area contributed by atoms with E-state index in [-0.39, 0.29) is 5.75 Å². The summed E-state index contributed by atoms with van der Waals surface area (Å²) < 4.78 is 34.0. The van der Waals surface area contributed by atoms with E-state index < -0.39 is 6.61 Å². The van der Waals surface area contributed by atoms with Crippen LogP contribution in [0.25, 0.3) is 10.9 Å². The molecule has 0 amide bonds. The highest BCUT2D eigenvalue weighted by Crippen LogP contribution is 2.30. The molecule has 3 aromatic rings. The minimum Gasteiger partial charge on any atom is -0.494 e. The first-order valence-corrected chi connectivity index (χ1v) is 7.65. The number of alkyl halides is 2. The molecule has 0 radical (unpaired) electrons. The Balaban J connectivity index is 1.81. The van der Waals surface area contributed by atoms with E-state index in [4.69, 9.17) is 4.74 Å². The van der Waals surface area contributed by atoms with Crippen LogP contribution in [0.3, 0.4) is 0 Å². The van der Waals surface area contributed by atoms with Crippen LogP contribution >= 0.6 is 0 Å². The molecule has 0 saturated carbocycles. The summed E-state index contributed by atoms with van der Waals surface area (Å²) in [6.07, 6.45) is 1.28. The predicted molar refractivity (Wildman–Crippen MR) is 91.2 cm³/mol. The third-order valence-electron chi connectivity index (χ3n) is 3.63. The van der Waals surface area contributed by atoms with Crippen molar-refractivity contribution >= 4 is 16.6 Å². The highest BCUT2D eigenvalue weighted by molar-refractivity contribution is 5.95. The van der Waals surface area contributed by atoms with Crippen molar-refractivity contribution in [2.45, 2.75) is 20.1 Å². The summed E-state index contributed by atoms with van der Waals surface area (Å²) in [5.41, 5.74) is 3.23. The number of nitrogens with zero attached hydrogens (tertiary/aromatic N) is 2. The van der Waals surface area contributed by atoms with E-state index >= 15 is 0 Å². The van der Waals surface area contributed by atoms with Crippen molar-refractivity contribution < 1.29 is 18.3 Å². The number of ether oxygens (including phenoxy) is 2. The summed E-state index contributed by atoms with van der Waals surface area (Å²) in [4.78, 5) is 8.65. The number of fused-ring (bicyclic) bond motifs is 1. The Hall–Kier alpha value is -2.96. The normalized spacial score (nSPS) is 10.9. The van der Waals surface area contributed by atoms with E-state index in [9.17, 15) is 8.78 Å². The number of nitrogens with one attached hydrogen (secondary N) is 1. The van der Waals surface area contributed by atoms with Gasteiger partial charge in [-0.05, 0) is 31.2 Å². The Bertz CT molecular complexity index is 870. The standard InChI is InChI=1S/C18H17F2N3O2/c1-11-8-15(14-4-3-5-16(24-2)17(14)23-11)22-9-12-6-7-13(10-21-12)25-18(19)20/h3-8,10,18H,9H2,1-2H3,(H,22,23). The van der Waals surface area contributed by atoms with Crippen molar-refractivity contribution in [1.82, 2.24) is 9.97 Å². The molecular weight excluding hydrogens is 328 g/mol. The number of hydrogen-bond acceptors (Lipinski definition) is 5. The molecular formula is C18H17F2N3O2. The van der Waals surface area contributed by atoms with Crippen LogP contribution in [0.1, 0.15) is 11.4 Å². The first kappa shape index (κ1) is 16.9. The molecule has 1 N–H and O–H groups in total. The van der Waals surface area contributed by atoms with Crippen molar-refractivity contribution in [3.8, 4) is 11.5 Å². The molecule has 2 heterocycles. The van der Waals surface area contributed by atoms with Gasteiger partial charge >= 0.3 is 6.61 Å². The van der Waals surface area contributed by atoms with Crippen molar-refractivity contribution in [3.05, 3.63) is 54.0 Å². The average Bonchev–Trinajstić information content (AvgIpc) is 2.60. The van der Waals surface area contributed by atoms with Crippen LogP contribution < -0.4 is 14.8 Å². The summed E-state index contributed by atoms with van der Waals surface area (Å²) in [5, 5.41) is 4.24. The minimum atomic E-state index is -2.85. The number of methoxy groups -OCH3 is 1. The summed E-state index contributed by atoms with van der Waals surface area (Å²) >= 11 is 0. The number of halogens is 2. The van der Waals surface area contributed by atoms with Crippen molar-refractivity contribution in [2.75, 3.05) is 12.4 Å². The molecule has 2 aromatic heterocycles. The Morgan fingerprint density at radius 2 is 2.04 bits per heavy atom. The van der Waals surface area contributed by atoms with Gasteiger partial charge in [-0.2, -0.15) is 8.78 Å². The molecule has 0 fully saturated rings. The maximum Gasteiger partial charge on any atom is 0.387 e. The second-order valence-electron chi connectivity index (χ2n) is 5.38. The molecule has 7 heteroatoms. The van der Waals surface area contributed by atoms with Crippen LogP contribution in [0.5, 0.6) is 11.5 Å². The van der Waals surface area contributed by atoms with E-state index in [1.807, 2.05) is 31.2 Å². The van der Waals surface area contributed by atoms with E-state index in [0.717, 1.165) is 22.3 Å². The molecule has 25 heavy (non-hydrogen) atoms. The quantitative estimate of drug-likeness (QED) is 0.727. The number of pyridine rings is 2. The lowest BCUT2D eigenvalue weighted by Crippen LogP contribution is -2.05. The van der Waals surface area contributed by atoms with E-state index in [1.165, 1.54) is 12.3 Å². The third-order valence-corrected chi connectivity index (χ3v) is 3.63. The average molecular weight is 345 g/mol. The summed E-state index contributed by atoms with van der Waals surface area (Å²) in [6.45, 7) is -0.511. The fraction of sp³-hybridized carbons (Fsp3) is 0.222. The zero-order valence-electron chi connectivity index (χ0n) is 13.8. The summed E-state index contributed by atoms with van der Waals surface area (Å²) in [7, 11) is 1.61. The highest BCUT2D eigenvalue weighted by Gasteiger charge is 2.09. The van der Waals surface area contributed by atoms with Crippen LogP contribution in [0, 0.1) is 6.92 Å². The fourth-order valence-corrected chi connectivity index (χ4v) is 2.54. The molecule has 0 aliphatic carbocycles. The lowest BCUT2D eigenvalue weighted by atomic mass is 10.1. The number of anilines is 1. The van der Waals surface area contributed by atoms with Gasteiger partial charge in [-0.25, -0.2) is 4.98 Å². The topological polar surface area (TPSA) is 56.3 Å². The number of aromatic nitrogens is 2. The van der Waals surface area contributed by atoms with E-state index in [2.05, 4.69) is 20.0 Å². The third kappa shape index (κ3) is 3.93. The predicted octanol–water partition coefficient (Wildman–Crippen LogP) is 4.16. The van der Waals surface area contributed by atoms with Crippen molar-refractivity contribution in [1.29, 1.82) is 0 Å². The SMILES string of the molecule is COc1cccc2c(NCc3ccc(OC(F)F)cn3)cc(C)nc12. The van der Waals surface area contributed by atoms with Crippen LogP contribution in [0.2, 0.25) is 0 Å². The largest absolute Gasteiger partial charge is 0.494 e. The number of rotatable bonds is 6.